The lowest BCUT2D eigenvalue weighted by Gasteiger charge is -2.05. The number of carbonyl (C=O) groups excluding carboxylic acids is 1. The third kappa shape index (κ3) is 4.07. The molecule has 1 atom stereocenters. The number of fused-ring (bicyclic) bond motifs is 1. The zero-order chi connectivity index (χ0) is 14.8. The molecular formula is C15H19Br2N4O2+. The molecule has 0 amide bonds. The number of nitrogens with two attached hydrogens (primary N) is 1. The summed E-state index contributed by atoms with van der Waals surface area (Å²) in [5.41, 5.74) is 7.07. The molecule has 1 aromatic heterocycles. The van der Waals surface area contributed by atoms with E-state index in [0.29, 0.717) is 13.2 Å². The Morgan fingerprint density at radius 2 is 2.00 bits per heavy atom. The number of ether oxygens (including phenoxy) is 1. The molecule has 124 valence electrons. The molecule has 0 saturated carbocycles. The Kier molecular flexibility index (Phi) is 7.11. The van der Waals surface area contributed by atoms with Gasteiger partial charge in [-0.25, -0.2) is 9.78 Å². The molecule has 1 unspecified atom stereocenters. The predicted octanol–water partition coefficient (Wildman–Crippen LogP) is 1.98. The molecule has 0 radical (unpaired) electrons. The van der Waals surface area contributed by atoms with Crippen molar-refractivity contribution in [2.24, 2.45) is 5.73 Å². The van der Waals surface area contributed by atoms with E-state index in [1.165, 1.54) is 0 Å². The van der Waals surface area contributed by atoms with Crippen LogP contribution in [-0.4, -0.2) is 30.1 Å². The number of halogens is 2. The van der Waals surface area contributed by atoms with E-state index in [1.54, 1.807) is 17.0 Å². The highest BCUT2D eigenvalue weighted by molar-refractivity contribution is 8.93. The minimum Gasteiger partial charge on any atom is -0.492 e. The van der Waals surface area contributed by atoms with E-state index in [2.05, 4.69) is 10.3 Å². The first-order valence-corrected chi connectivity index (χ1v) is 6.85. The van der Waals surface area contributed by atoms with E-state index < -0.39 is 0 Å². The zero-order valence-electron chi connectivity index (χ0n) is 12.6. The minimum atomic E-state index is -0.214. The summed E-state index contributed by atoms with van der Waals surface area (Å²) in [4.78, 5) is 16.4. The summed E-state index contributed by atoms with van der Waals surface area (Å²) in [6.07, 6.45) is 3.43. The summed E-state index contributed by atoms with van der Waals surface area (Å²) in [7, 11) is 0. The lowest BCUT2D eigenvalue weighted by molar-refractivity contribution is -0.552. The predicted molar refractivity (Wildman–Crippen MR) is 98.8 cm³/mol. The molecule has 2 aromatic rings. The van der Waals surface area contributed by atoms with E-state index in [-0.39, 0.29) is 45.9 Å². The van der Waals surface area contributed by atoms with Gasteiger partial charge < -0.3 is 10.5 Å². The van der Waals surface area contributed by atoms with Crippen LogP contribution < -0.4 is 20.4 Å². The highest BCUT2D eigenvalue weighted by Crippen LogP contribution is 2.21. The summed E-state index contributed by atoms with van der Waals surface area (Å²) < 4.78 is 7.04. The molecule has 0 fully saturated rings. The topological polar surface area (TPSA) is 81.1 Å². The van der Waals surface area contributed by atoms with Gasteiger partial charge in [0.15, 0.2) is 6.04 Å². The monoisotopic (exact) mass is 445 g/mol. The molecule has 3 rings (SSSR count). The van der Waals surface area contributed by atoms with Crippen LogP contribution in [0, 0.1) is 0 Å². The molecular weight excluding hydrogens is 428 g/mol. The highest BCUT2D eigenvalue weighted by atomic mass is 79.9. The van der Waals surface area contributed by atoms with E-state index in [9.17, 15) is 4.79 Å². The fraction of sp³-hybridized carbons (Fsp3) is 0.267. The van der Waals surface area contributed by atoms with Gasteiger partial charge in [-0.1, -0.05) is 0 Å². The summed E-state index contributed by atoms with van der Waals surface area (Å²) in [6, 6.07) is 7.35. The maximum Gasteiger partial charge on any atom is 0.358 e. The van der Waals surface area contributed by atoms with Gasteiger partial charge in [0, 0.05) is 12.1 Å². The van der Waals surface area contributed by atoms with Crippen molar-refractivity contribution in [2.75, 3.05) is 18.5 Å². The number of benzene rings is 1. The average Bonchev–Trinajstić information content (AvgIpc) is 2.80. The first-order valence-electron chi connectivity index (χ1n) is 6.85. The molecule has 2 heterocycles. The highest BCUT2D eigenvalue weighted by Gasteiger charge is 2.34. The molecule has 0 aliphatic carbocycles. The maximum absolute atomic E-state index is 12.0. The van der Waals surface area contributed by atoms with Gasteiger partial charge in [-0.15, -0.1) is 34.0 Å². The molecule has 1 aliphatic heterocycles. The van der Waals surface area contributed by atoms with Crippen molar-refractivity contribution < 1.29 is 14.1 Å². The molecule has 3 N–H and O–H groups in total. The molecule has 0 spiro atoms. The summed E-state index contributed by atoms with van der Waals surface area (Å²) >= 11 is 0. The van der Waals surface area contributed by atoms with Crippen molar-refractivity contribution in [3.8, 4) is 17.0 Å². The van der Waals surface area contributed by atoms with E-state index >= 15 is 0 Å². The van der Waals surface area contributed by atoms with Crippen molar-refractivity contribution in [1.29, 1.82) is 0 Å². The maximum atomic E-state index is 12.0. The van der Waals surface area contributed by atoms with Crippen molar-refractivity contribution in [1.82, 2.24) is 4.98 Å². The van der Waals surface area contributed by atoms with Crippen LogP contribution in [0.15, 0.2) is 36.7 Å². The number of hydrogen-bond acceptors (Lipinski definition) is 5. The third-order valence-corrected chi connectivity index (χ3v) is 3.35. The van der Waals surface area contributed by atoms with Gasteiger partial charge in [0.25, 0.3) is 0 Å². The minimum absolute atomic E-state index is 0. The number of hydrogen-bond donors (Lipinski definition) is 2. The van der Waals surface area contributed by atoms with Crippen LogP contribution in [0.3, 0.4) is 0 Å². The van der Waals surface area contributed by atoms with Gasteiger partial charge in [-0.3, -0.25) is 5.32 Å². The fourth-order valence-electron chi connectivity index (χ4n) is 2.25. The second kappa shape index (κ2) is 8.37. The second-order valence-corrected chi connectivity index (χ2v) is 4.89. The molecule has 8 heteroatoms. The van der Waals surface area contributed by atoms with Crippen molar-refractivity contribution >= 4 is 45.7 Å². The number of aromatic nitrogens is 2. The van der Waals surface area contributed by atoms with Gasteiger partial charge in [0.05, 0.1) is 0 Å². The smallest absolute Gasteiger partial charge is 0.358 e. The zero-order valence-corrected chi connectivity index (χ0v) is 16.0. The Labute approximate surface area is 155 Å². The van der Waals surface area contributed by atoms with E-state index in [1.807, 2.05) is 31.2 Å². The third-order valence-electron chi connectivity index (χ3n) is 3.35. The van der Waals surface area contributed by atoms with Gasteiger partial charge >= 0.3 is 11.7 Å². The summed E-state index contributed by atoms with van der Waals surface area (Å²) in [5.74, 6) is 1.51. The number of carbonyl (C=O) groups is 1. The van der Waals surface area contributed by atoms with Crippen LogP contribution in [-0.2, 0) is 0 Å². The Morgan fingerprint density at radius 3 is 2.65 bits per heavy atom. The van der Waals surface area contributed by atoms with Crippen LogP contribution in [0.4, 0.5) is 5.82 Å². The first-order chi connectivity index (χ1) is 10.2. The second-order valence-electron chi connectivity index (χ2n) is 4.89. The molecule has 0 saturated heterocycles. The van der Waals surface area contributed by atoms with Crippen LogP contribution >= 0.6 is 34.0 Å². The van der Waals surface area contributed by atoms with Gasteiger partial charge in [-0.05, 0) is 31.2 Å². The summed E-state index contributed by atoms with van der Waals surface area (Å²) in [5, 5.41) is 3.08. The lowest BCUT2D eigenvalue weighted by atomic mass is 10.1. The van der Waals surface area contributed by atoms with Crippen LogP contribution in [0.5, 0.6) is 5.75 Å². The number of nitrogens with zero attached hydrogens (tertiary/aromatic N) is 2. The average molecular weight is 447 g/mol. The number of nitrogens with one attached hydrogen (secondary N) is 1. The number of rotatable bonds is 4. The van der Waals surface area contributed by atoms with Gasteiger partial charge in [-0.2, -0.15) is 4.57 Å². The largest absolute Gasteiger partial charge is 0.492 e. The van der Waals surface area contributed by atoms with E-state index in [4.69, 9.17) is 10.5 Å². The Balaban J connectivity index is 0.00000132. The standard InChI is InChI=1S/C15H16N4O2.2BrH/c1-10-15(20)19-9-13(17-8-14(19)18-10)11-2-4-12(5-3-11)21-7-6-16;;/h2-5,8-10H,6-7,16H2,1H3;2*1H/p+1. The van der Waals surface area contributed by atoms with Crippen LogP contribution in [0.2, 0.25) is 0 Å². The summed E-state index contributed by atoms with van der Waals surface area (Å²) in [6.45, 7) is 2.81. The van der Waals surface area contributed by atoms with Crippen molar-refractivity contribution in [3.63, 3.8) is 0 Å². The lowest BCUT2D eigenvalue weighted by Crippen LogP contribution is -2.42. The van der Waals surface area contributed by atoms with Crippen molar-refractivity contribution in [3.05, 3.63) is 36.7 Å². The SMILES string of the molecule is Br.Br.CC1Nc2cnc(-c3ccc(OCCN)cc3)c[n+]2C1=O. The Morgan fingerprint density at radius 1 is 1.30 bits per heavy atom. The molecule has 1 aliphatic rings. The molecule has 1 aromatic carbocycles. The van der Waals surface area contributed by atoms with Gasteiger partial charge in [0.1, 0.15) is 30.4 Å². The number of anilines is 1. The van der Waals surface area contributed by atoms with Crippen molar-refractivity contribution in [2.45, 2.75) is 13.0 Å². The van der Waals surface area contributed by atoms with Crippen LogP contribution in [0.1, 0.15) is 11.7 Å². The normalized spacial score (nSPS) is 15.0. The first kappa shape index (κ1) is 19.5. The molecule has 6 nitrogen and oxygen atoms in total. The Bertz CT molecular complexity index is 680. The fourth-order valence-corrected chi connectivity index (χ4v) is 2.25. The quantitative estimate of drug-likeness (QED) is 0.702. The molecule has 0 bridgehead atoms. The van der Waals surface area contributed by atoms with Gasteiger partial charge in [0.2, 0.25) is 0 Å². The Hall–Kier alpha value is -1.51. The molecule has 23 heavy (non-hydrogen) atoms. The van der Waals surface area contributed by atoms with Crippen LogP contribution in [0.25, 0.3) is 11.3 Å². The van der Waals surface area contributed by atoms with E-state index in [0.717, 1.165) is 22.8 Å².